The highest BCUT2D eigenvalue weighted by Crippen LogP contribution is 2.39. The van der Waals surface area contributed by atoms with E-state index < -0.39 is 71.1 Å². The second-order valence-corrected chi connectivity index (χ2v) is 32.1. The number of fused-ring (bicyclic) bond motifs is 4. The first-order valence-corrected chi connectivity index (χ1v) is 41.8. The molecule has 16 rings (SSSR count). The first-order valence-electron chi connectivity index (χ1n) is 41.8. The van der Waals surface area contributed by atoms with E-state index in [1.807, 2.05) is 19.0 Å². The summed E-state index contributed by atoms with van der Waals surface area (Å²) in [6.07, 6.45) is 8.28. The molecular formula is C85H93F12N29O9. The number of aromatic nitrogens is 17. The molecule has 4 amide bonds. The van der Waals surface area contributed by atoms with Crippen molar-refractivity contribution in [2.75, 3.05) is 126 Å². The molecule has 14 heterocycles. The van der Waals surface area contributed by atoms with Gasteiger partial charge in [-0.25, -0.2) is 38.0 Å². The van der Waals surface area contributed by atoms with Crippen LogP contribution in [0.3, 0.4) is 0 Å². The van der Waals surface area contributed by atoms with E-state index in [4.69, 9.17) is 46.6 Å². The number of pyridine rings is 5. The summed E-state index contributed by atoms with van der Waals surface area (Å²) in [5.74, 6) is -1.86. The van der Waals surface area contributed by atoms with E-state index in [0.29, 0.717) is 67.3 Å². The molecule has 50 heteroatoms. The molecule has 1 unspecified atom stereocenters. The summed E-state index contributed by atoms with van der Waals surface area (Å²) in [5.41, 5.74) is 18.1. The number of methoxy groups -OCH3 is 1. The number of halogens is 12. The molecule has 0 radical (unpaired) electrons. The van der Waals surface area contributed by atoms with Gasteiger partial charge in [-0.3, -0.25) is 49.0 Å². The minimum absolute atomic E-state index is 0.0164. The van der Waals surface area contributed by atoms with E-state index >= 15 is 0 Å². The molecule has 12 N–H and O–H groups in total. The number of anilines is 8. The van der Waals surface area contributed by atoms with Crippen molar-refractivity contribution in [1.29, 1.82) is 0 Å². The van der Waals surface area contributed by atoms with Gasteiger partial charge in [-0.15, -0.1) is 20.4 Å². The monoisotopic (exact) mass is 1890 g/mol. The number of carbonyl (C=O) groups is 4. The second kappa shape index (κ2) is 42.1. The van der Waals surface area contributed by atoms with Crippen molar-refractivity contribution < 1.29 is 95.5 Å². The van der Waals surface area contributed by atoms with Gasteiger partial charge in [-0.2, -0.15) is 52.7 Å². The van der Waals surface area contributed by atoms with Gasteiger partial charge in [-0.05, 0) is 155 Å². The van der Waals surface area contributed by atoms with Gasteiger partial charge in [0.15, 0.2) is 51.6 Å². The van der Waals surface area contributed by atoms with Crippen LogP contribution in [0.1, 0.15) is 134 Å². The van der Waals surface area contributed by atoms with Crippen molar-refractivity contribution in [3.05, 3.63) is 192 Å². The number of hydrogen-bond acceptors (Lipinski definition) is 30. The molecule has 0 spiro atoms. The standard InChI is InChI=1S/C22H26F3N7O2.C21H19F3N8O2.C21H24F3N7O3.C21H24F3N7O2/c1-31(2)14-5-3-13(4-6-14)12-34-16-7-9-27-11-15(16)28-21(33)18-19(26)30-32-10-8-17(22(23,24)25)29-20(18)32;1-31(2)11-12-3-4-13(9-27-12)34-15-5-7-26-10-14(15)28-20(33)17-18(25)30-32-8-6-16(21(22,23)24)29-19(17)32;1-33-10-9-30-7-2-3-13(12-30)34-15-4-6-26-11-14(15)27-20(32)17-18(25)29-31-8-5-16(21(22,23)24)28-19(17)31;1-30(2)12-3-5-13(6-4-12)33-15-7-9-26-11-14(15)27-20(32)17-18(25)29-31-10-8-16(21(22,23)24)28-19(17)31/h7-11,13-14H,3-6,12H2,1-2H3,(H2,26,30)(H,28,33);3-10H,11H2,1-2H3,(H2,25,30)(H,28,33);4-6,8,11,13H,2-3,7,9-10,12H2,1H3,(H2,25,29)(H,27,32);7-13H,3-6H2,1-2H3,(H2,25,29)(H,27,32). The SMILES string of the molecule is CN(C)C1CCC(COc2ccncc2NC(=O)c2c(N)nn3ccc(C(F)(F)F)nc23)CC1.CN(C)C1CCC(Oc2ccncc2NC(=O)c2c(N)nn3ccc(C(F)(F)F)nc23)CC1.CN(C)Cc1ccc(Oc2ccncc2NC(=O)c2c(N)nn3ccc(C(F)(F)F)nc23)cn1.COCCN1CCCC(Oc2ccncc2NC(=O)c2c(N)nn3ccc(C(F)(F)F)nc23)C1. The smallest absolute Gasteiger partial charge is 0.433 e. The second-order valence-electron chi connectivity index (χ2n) is 32.1. The lowest BCUT2D eigenvalue weighted by Gasteiger charge is -2.33. The Labute approximate surface area is 760 Å². The van der Waals surface area contributed by atoms with Gasteiger partial charge in [0.1, 0.15) is 96.9 Å². The topological polar surface area (TPSA) is 465 Å². The van der Waals surface area contributed by atoms with Crippen molar-refractivity contribution in [2.24, 2.45) is 5.92 Å². The normalized spacial score (nSPS) is 16.7. The lowest BCUT2D eigenvalue weighted by Crippen LogP contribution is -2.42. The Kier molecular flexibility index (Phi) is 30.6. The Morgan fingerprint density at radius 1 is 0.437 bits per heavy atom. The third kappa shape index (κ3) is 24.7. The molecule has 3 aliphatic rings. The van der Waals surface area contributed by atoms with Crippen LogP contribution in [0.15, 0.2) is 141 Å². The zero-order valence-corrected chi connectivity index (χ0v) is 73.4. The van der Waals surface area contributed by atoms with Crippen molar-refractivity contribution in [3.8, 4) is 28.7 Å². The first kappa shape index (κ1) is 98.0. The van der Waals surface area contributed by atoms with Crippen LogP contribution < -0.4 is 63.1 Å². The number of piperidine rings is 1. The summed E-state index contributed by atoms with van der Waals surface area (Å²) in [6, 6.07) is 14.0. The van der Waals surface area contributed by atoms with Crippen LogP contribution in [-0.4, -0.2) is 233 Å². The fourth-order valence-corrected chi connectivity index (χ4v) is 15.0. The largest absolute Gasteiger partial charge is 0.491 e. The average molecular weight is 1890 g/mol. The van der Waals surface area contributed by atoms with Gasteiger partial charge in [0.05, 0.1) is 56.0 Å². The molecule has 38 nitrogen and oxygen atoms in total. The van der Waals surface area contributed by atoms with Gasteiger partial charge in [-0.1, -0.05) is 0 Å². The van der Waals surface area contributed by atoms with Crippen LogP contribution in [0.2, 0.25) is 0 Å². The summed E-state index contributed by atoms with van der Waals surface area (Å²) < 4.78 is 191. The lowest BCUT2D eigenvalue weighted by molar-refractivity contribution is -0.141. The number of nitrogens with zero attached hydrogens (tertiary/aromatic N) is 21. The van der Waals surface area contributed by atoms with Crippen LogP contribution >= 0.6 is 0 Å². The van der Waals surface area contributed by atoms with Crippen molar-refractivity contribution in [3.63, 3.8) is 0 Å². The summed E-state index contributed by atoms with van der Waals surface area (Å²) >= 11 is 0. The number of ether oxygens (including phenoxy) is 5. The molecule has 1 atom stereocenters. The Bertz CT molecular complexity index is 6340. The highest BCUT2D eigenvalue weighted by Gasteiger charge is 2.39. The van der Waals surface area contributed by atoms with Gasteiger partial charge in [0.2, 0.25) is 0 Å². The molecule has 13 aromatic heterocycles. The third-order valence-electron chi connectivity index (χ3n) is 21.8. The van der Waals surface area contributed by atoms with Crippen molar-refractivity contribution in [2.45, 2.75) is 120 Å². The number of carbonyl (C=O) groups excluding carboxylic acids is 4. The number of amides is 4. The summed E-state index contributed by atoms with van der Waals surface area (Å²) in [5, 5.41) is 26.0. The Hall–Kier alpha value is -14.5. The van der Waals surface area contributed by atoms with Crippen LogP contribution in [0, 0.1) is 5.92 Å². The van der Waals surface area contributed by atoms with Crippen LogP contribution in [-0.2, 0) is 36.0 Å². The molecule has 0 bridgehead atoms. The summed E-state index contributed by atoms with van der Waals surface area (Å²) in [4.78, 5) is 95.1. The predicted molar refractivity (Wildman–Crippen MR) is 467 cm³/mol. The molecule has 13 aromatic rings. The molecule has 3 fully saturated rings. The number of likely N-dealkylation sites (tertiary alicyclic amines) is 1. The number of rotatable bonds is 24. The maximum Gasteiger partial charge on any atom is 0.433 e. The fraction of sp³-hybridized carbons (Fsp3) is 0.376. The van der Waals surface area contributed by atoms with E-state index in [-0.39, 0.29) is 109 Å². The Morgan fingerprint density at radius 2 is 0.793 bits per heavy atom. The Morgan fingerprint density at radius 3 is 1.15 bits per heavy atom. The Balaban J connectivity index is 0.000000152. The van der Waals surface area contributed by atoms with Crippen molar-refractivity contribution in [1.82, 2.24) is 103 Å². The predicted octanol–water partition coefficient (Wildman–Crippen LogP) is 12.4. The van der Waals surface area contributed by atoms with Crippen LogP contribution in [0.25, 0.3) is 22.6 Å². The average Bonchev–Trinajstić information content (AvgIpc) is 1.64. The molecule has 716 valence electrons. The highest BCUT2D eigenvalue weighted by molar-refractivity contribution is 6.14. The van der Waals surface area contributed by atoms with Crippen LogP contribution in [0.5, 0.6) is 28.7 Å². The summed E-state index contributed by atoms with van der Waals surface area (Å²) in [6.45, 7) is 4.20. The maximum absolute atomic E-state index is 13.1. The minimum Gasteiger partial charge on any atom is -0.491 e. The summed E-state index contributed by atoms with van der Waals surface area (Å²) in [7, 11) is 13.8. The first-order chi connectivity index (χ1) is 64.1. The maximum atomic E-state index is 13.1. The van der Waals surface area contributed by atoms with E-state index in [0.717, 1.165) is 150 Å². The van der Waals surface area contributed by atoms with Gasteiger partial charge >= 0.3 is 24.7 Å². The molecule has 1 aliphatic heterocycles. The van der Waals surface area contributed by atoms with E-state index in [1.54, 1.807) is 37.4 Å². The highest BCUT2D eigenvalue weighted by atomic mass is 19.4. The van der Waals surface area contributed by atoms with E-state index in [2.05, 4.69) is 129 Å². The number of nitrogens with one attached hydrogen (secondary N) is 4. The quantitative estimate of drug-likeness (QED) is 0.0260. The zero-order valence-electron chi connectivity index (χ0n) is 73.4. The van der Waals surface area contributed by atoms with Gasteiger partial charge < -0.3 is 82.6 Å². The minimum atomic E-state index is -4.70. The molecule has 2 saturated carbocycles. The van der Waals surface area contributed by atoms with E-state index in [9.17, 15) is 71.9 Å². The van der Waals surface area contributed by atoms with Crippen LogP contribution in [0.4, 0.5) is 98.7 Å². The number of nitrogens with two attached hydrogens (primary N) is 4. The number of nitrogen functional groups attached to an aromatic ring is 4. The van der Waals surface area contributed by atoms with Crippen molar-refractivity contribution >= 4 is 92.2 Å². The zero-order chi connectivity index (χ0) is 97.0. The number of alkyl halides is 12. The third-order valence-corrected chi connectivity index (χ3v) is 21.8. The molecular weight excluding hydrogens is 1800 g/mol. The fourth-order valence-electron chi connectivity index (χ4n) is 15.0. The molecule has 2 aliphatic carbocycles. The molecule has 1 saturated heterocycles. The molecule has 0 aromatic carbocycles. The lowest BCUT2D eigenvalue weighted by atomic mass is 9.86. The van der Waals surface area contributed by atoms with Gasteiger partial charge in [0, 0.05) is 113 Å². The van der Waals surface area contributed by atoms with Gasteiger partial charge in [0.25, 0.3) is 23.6 Å². The van der Waals surface area contributed by atoms with E-state index in [1.165, 1.54) is 61.8 Å². The number of hydrogen-bond donors (Lipinski definition) is 8. The molecule has 135 heavy (non-hydrogen) atoms.